The van der Waals surface area contributed by atoms with Crippen molar-refractivity contribution in [3.05, 3.63) is 29.3 Å². The van der Waals surface area contributed by atoms with Crippen molar-refractivity contribution in [2.24, 2.45) is 0 Å². The minimum atomic E-state index is -4.59. The van der Waals surface area contributed by atoms with Gasteiger partial charge in [0.25, 0.3) is 0 Å². The van der Waals surface area contributed by atoms with Crippen LogP contribution in [0.15, 0.2) is 18.2 Å². The van der Waals surface area contributed by atoms with Crippen LogP contribution in [0.25, 0.3) is 0 Å². The molecule has 1 aromatic rings. The van der Waals surface area contributed by atoms with Crippen LogP contribution in [0.4, 0.5) is 23.7 Å². The summed E-state index contributed by atoms with van der Waals surface area (Å²) in [4.78, 5) is 22.5. The molecule has 0 aromatic heterocycles. The molecule has 5 nitrogen and oxygen atoms in total. The summed E-state index contributed by atoms with van der Waals surface area (Å²) in [5, 5.41) is 12.9. The maximum Gasteiger partial charge on any atom is 0.416 e. The number of benzene rings is 1. The molecule has 21 heavy (non-hydrogen) atoms. The zero-order chi connectivity index (χ0) is 16.0. The Bertz CT molecular complexity index is 596. The van der Waals surface area contributed by atoms with Crippen molar-refractivity contribution in [2.75, 3.05) is 11.2 Å². The maximum absolute atomic E-state index is 12.5. The first kappa shape index (κ1) is 16.8. The molecule has 0 saturated carbocycles. The van der Waals surface area contributed by atoms with Crippen LogP contribution in [0.3, 0.4) is 0 Å². The number of nitrogens with zero attached hydrogens (tertiary/aromatic N) is 1. The number of nitrogens with one attached hydrogen (secondary N) is 2. The highest BCUT2D eigenvalue weighted by atomic mass is 35.5. The number of hydrogen-bond donors (Lipinski definition) is 2. The van der Waals surface area contributed by atoms with E-state index in [1.807, 2.05) is 5.32 Å². The van der Waals surface area contributed by atoms with Crippen molar-refractivity contribution in [2.45, 2.75) is 12.6 Å². The minimum Gasteiger partial charge on any atom is -0.306 e. The molecule has 0 spiro atoms. The second-order valence-corrected chi connectivity index (χ2v) is 4.19. The van der Waals surface area contributed by atoms with E-state index in [2.05, 4.69) is 5.32 Å². The summed E-state index contributed by atoms with van der Waals surface area (Å²) in [7, 11) is 0. The van der Waals surface area contributed by atoms with Gasteiger partial charge in [-0.25, -0.2) is 4.79 Å². The molecule has 1 aromatic carbocycles. The maximum atomic E-state index is 12.5. The van der Waals surface area contributed by atoms with Crippen molar-refractivity contribution < 1.29 is 22.8 Å². The van der Waals surface area contributed by atoms with Crippen LogP contribution >= 0.6 is 11.6 Å². The van der Waals surface area contributed by atoms with Gasteiger partial charge in [-0.15, -0.1) is 11.6 Å². The van der Waals surface area contributed by atoms with Crippen LogP contribution in [0.1, 0.15) is 17.5 Å². The van der Waals surface area contributed by atoms with Gasteiger partial charge in [-0.3, -0.25) is 10.1 Å². The van der Waals surface area contributed by atoms with Crippen LogP contribution < -0.4 is 10.6 Å². The fourth-order valence-corrected chi connectivity index (χ4v) is 1.52. The van der Waals surface area contributed by atoms with Crippen molar-refractivity contribution in [3.8, 4) is 6.07 Å². The third-order valence-corrected chi connectivity index (χ3v) is 2.48. The molecule has 0 heterocycles. The van der Waals surface area contributed by atoms with Crippen molar-refractivity contribution in [3.63, 3.8) is 0 Å². The van der Waals surface area contributed by atoms with Gasteiger partial charge in [-0.2, -0.15) is 18.4 Å². The van der Waals surface area contributed by atoms with Gasteiger partial charge in [0.05, 0.1) is 16.8 Å². The number of carbonyl (C=O) groups is 2. The van der Waals surface area contributed by atoms with Gasteiger partial charge in [0, 0.05) is 12.3 Å². The average molecular weight is 320 g/mol. The van der Waals surface area contributed by atoms with Gasteiger partial charge < -0.3 is 5.32 Å². The molecule has 9 heteroatoms. The summed E-state index contributed by atoms with van der Waals surface area (Å²) in [5.74, 6) is -0.629. The summed E-state index contributed by atoms with van der Waals surface area (Å²) in [6, 6.07) is 2.85. The first-order valence-electron chi connectivity index (χ1n) is 5.56. The quantitative estimate of drug-likeness (QED) is 0.840. The molecular formula is C12H9ClF3N3O2. The number of alkyl halides is 4. The molecule has 1 rings (SSSR count). The molecule has 0 unspecified atom stereocenters. The van der Waals surface area contributed by atoms with E-state index in [-0.39, 0.29) is 23.6 Å². The van der Waals surface area contributed by atoms with Crippen LogP contribution in [0.5, 0.6) is 0 Å². The van der Waals surface area contributed by atoms with Gasteiger partial charge in [0.15, 0.2) is 0 Å². The molecule has 3 amide bonds. The smallest absolute Gasteiger partial charge is 0.306 e. The highest BCUT2D eigenvalue weighted by Crippen LogP contribution is 2.31. The summed E-state index contributed by atoms with van der Waals surface area (Å²) in [6.07, 6.45) is -4.68. The Labute approximate surface area is 122 Å². The Balaban J connectivity index is 2.87. The Morgan fingerprint density at radius 2 is 2.00 bits per heavy atom. The van der Waals surface area contributed by atoms with E-state index in [1.165, 1.54) is 0 Å². The van der Waals surface area contributed by atoms with E-state index >= 15 is 0 Å². The van der Waals surface area contributed by atoms with Gasteiger partial charge in [-0.05, 0) is 18.2 Å². The van der Waals surface area contributed by atoms with E-state index in [9.17, 15) is 22.8 Å². The van der Waals surface area contributed by atoms with Crippen LogP contribution in [0.2, 0.25) is 0 Å². The normalized spacial score (nSPS) is 10.6. The monoisotopic (exact) mass is 319 g/mol. The van der Waals surface area contributed by atoms with Crippen LogP contribution in [-0.4, -0.2) is 17.8 Å². The summed E-state index contributed by atoms with van der Waals surface area (Å²) in [5.41, 5.74) is -1.52. The summed E-state index contributed by atoms with van der Waals surface area (Å²) in [6.45, 7) is 0. The second kappa shape index (κ2) is 6.95. The topological polar surface area (TPSA) is 82.0 Å². The summed E-state index contributed by atoms with van der Waals surface area (Å²) < 4.78 is 37.5. The Morgan fingerprint density at radius 1 is 1.33 bits per heavy atom. The number of carbonyl (C=O) groups excluding carboxylic acids is 2. The largest absolute Gasteiger partial charge is 0.416 e. The zero-order valence-electron chi connectivity index (χ0n) is 10.4. The lowest BCUT2D eigenvalue weighted by Gasteiger charge is -2.11. The number of imide groups is 1. The van der Waals surface area contributed by atoms with Gasteiger partial charge in [0.1, 0.15) is 6.07 Å². The first-order chi connectivity index (χ1) is 9.77. The molecular weight excluding hydrogens is 311 g/mol. The van der Waals surface area contributed by atoms with Gasteiger partial charge >= 0.3 is 12.2 Å². The zero-order valence-corrected chi connectivity index (χ0v) is 11.2. The number of rotatable bonds is 3. The minimum absolute atomic E-state index is 0.0167. The lowest BCUT2D eigenvalue weighted by atomic mass is 10.1. The number of anilines is 1. The number of amides is 3. The third-order valence-electron chi connectivity index (χ3n) is 2.29. The predicted octanol–water partition coefficient (Wildman–Crippen LogP) is 2.85. The molecule has 112 valence electrons. The molecule has 2 N–H and O–H groups in total. The molecule has 0 aliphatic carbocycles. The number of hydrogen-bond acceptors (Lipinski definition) is 3. The van der Waals surface area contributed by atoms with Crippen LogP contribution in [-0.2, 0) is 11.0 Å². The molecule has 0 aliphatic rings. The van der Waals surface area contributed by atoms with Crippen molar-refractivity contribution >= 4 is 29.2 Å². The van der Waals surface area contributed by atoms with E-state index in [0.717, 1.165) is 12.1 Å². The Kier molecular flexibility index (Phi) is 5.55. The number of halogens is 4. The number of nitriles is 1. The van der Waals surface area contributed by atoms with E-state index in [4.69, 9.17) is 16.9 Å². The fourth-order valence-electron chi connectivity index (χ4n) is 1.35. The van der Waals surface area contributed by atoms with E-state index in [0.29, 0.717) is 6.07 Å². The highest BCUT2D eigenvalue weighted by molar-refractivity contribution is 6.19. The highest BCUT2D eigenvalue weighted by Gasteiger charge is 2.31. The van der Waals surface area contributed by atoms with Crippen molar-refractivity contribution in [1.29, 1.82) is 5.26 Å². The average Bonchev–Trinajstić information content (AvgIpc) is 2.37. The van der Waals surface area contributed by atoms with Crippen molar-refractivity contribution in [1.82, 2.24) is 5.32 Å². The summed E-state index contributed by atoms with van der Waals surface area (Å²) >= 11 is 5.31. The molecule has 0 fully saturated rings. The lowest BCUT2D eigenvalue weighted by Crippen LogP contribution is -2.34. The Morgan fingerprint density at radius 3 is 2.52 bits per heavy atom. The SMILES string of the molecule is N#Cc1cc(C(F)(F)F)ccc1NC(=O)NC(=O)CCCl. The lowest BCUT2D eigenvalue weighted by molar-refractivity contribution is -0.137. The Hall–Kier alpha value is -2.27. The first-order valence-corrected chi connectivity index (χ1v) is 6.09. The fraction of sp³-hybridized carbons (Fsp3) is 0.250. The molecule has 0 radical (unpaired) electrons. The van der Waals surface area contributed by atoms with Gasteiger partial charge in [0.2, 0.25) is 5.91 Å². The second-order valence-electron chi connectivity index (χ2n) is 3.81. The predicted molar refractivity (Wildman–Crippen MR) is 68.7 cm³/mol. The molecule has 0 saturated heterocycles. The standard InChI is InChI=1S/C12H9ClF3N3O2/c13-4-3-10(20)19-11(21)18-9-2-1-8(12(14,15)16)5-7(9)6-17/h1-2,5H,3-4H2,(H2,18,19,20,21). The number of urea groups is 1. The van der Waals surface area contributed by atoms with E-state index in [1.54, 1.807) is 6.07 Å². The molecule has 0 atom stereocenters. The third kappa shape index (κ3) is 4.96. The van der Waals surface area contributed by atoms with Crippen LogP contribution in [0, 0.1) is 11.3 Å². The van der Waals surface area contributed by atoms with E-state index < -0.39 is 23.7 Å². The van der Waals surface area contributed by atoms with Gasteiger partial charge in [-0.1, -0.05) is 0 Å². The molecule has 0 aliphatic heterocycles. The molecule has 0 bridgehead atoms.